The molecule has 0 aliphatic carbocycles. The average molecular weight is 215 g/mol. The lowest BCUT2D eigenvalue weighted by molar-refractivity contribution is -0.142. The first-order valence-corrected chi connectivity index (χ1v) is 5.44. The minimum atomic E-state index is -0.981. The van der Waals surface area contributed by atoms with Gasteiger partial charge in [0.05, 0.1) is 5.25 Å². The van der Waals surface area contributed by atoms with Crippen molar-refractivity contribution in [3.63, 3.8) is 0 Å². The molecule has 1 atom stereocenters. The molecule has 1 heterocycles. The molecule has 0 bridgehead atoms. The lowest BCUT2D eigenvalue weighted by atomic mass is 10.2. The molecule has 1 unspecified atom stereocenters. The maximum absolute atomic E-state index is 11.6. The highest BCUT2D eigenvalue weighted by molar-refractivity contribution is 8.03. The molecule has 0 aromatic rings. The highest BCUT2D eigenvalue weighted by Gasteiger charge is 2.26. The van der Waals surface area contributed by atoms with Crippen LogP contribution in [0.2, 0.25) is 0 Å². The molecule has 1 rings (SSSR count). The molecule has 0 saturated carbocycles. The van der Waals surface area contributed by atoms with E-state index in [0.29, 0.717) is 0 Å². The van der Waals surface area contributed by atoms with Crippen LogP contribution in [0.1, 0.15) is 19.8 Å². The van der Waals surface area contributed by atoms with Gasteiger partial charge in [-0.3, -0.25) is 9.59 Å². The molecule has 4 nitrogen and oxygen atoms in total. The van der Waals surface area contributed by atoms with Crippen LogP contribution in [0.25, 0.3) is 0 Å². The maximum atomic E-state index is 11.6. The molecule has 0 spiro atoms. The SMILES string of the molecule is CCCC1SC=CN(CC(=O)O)C1=O. The summed E-state index contributed by atoms with van der Waals surface area (Å²) in [6, 6.07) is 0. The van der Waals surface area contributed by atoms with Crippen LogP contribution in [0, 0.1) is 0 Å². The summed E-state index contributed by atoms with van der Waals surface area (Å²) in [6.07, 6.45) is 3.26. The van der Waals surface area contributed by atoms with Crippen LogP contribution < -0.4 is 0 Å². The summed E-state index contributed by atoms with van der Waals surface area (Å²) < 4.78 is 0. The van der Waals surface area contributed by atoms with Crippen LogP contribution >= 0.6 is 11.8 Å². The number of hydrogen-bond donors (Lipinski definition) is 1. The average Bonchev–Trinajstić information content (AvgIpc) is 2.11. The van der Waals surface area contributed by atoms with E-state index in [9.17, 15) is 9.59 Å². The number of thioether (sulfide) groups is 1. The van der Waals surface area contributed by atoms with E-state index in [-0.39, 0.29) is 17.7 Å². The van der Waals surface area contributed by atoms with Gasteiger partial charge < -0.3 is 10.0 Å². The van der Waals surface area contributed by atoms with E-state index < -0.39 is 5.97 Å². The van der Waals surface area contributed by atoms with E-state index in [4.69, 9.17) is 5.11 Å². The summed E-state index contributed by atoms with van der Waals surface area (Å²) in [5.41, 5.74) is 0. The highest BCUT2D eigenvalue weighted by atomic mass is 32.2. The standard InChI is InChI=1S/C9H13NO3S/c1-2-3-7-9(13)10(4-5-14-7)6-8(11)12/h4-5,7H,2-3,6H2,1H3,(H,11,12). The van der Waals surface area contributed by atoms with Gasteiger partial charge in [-0.1, -0.05) is 13.3 Å². The fraction of sp³-hybridized carbons (Fsp3) is 0.556. The third-order valence-electron chi connectivity index (χ3n) is 1.90. The van der Waals surface area contributed by atoms with Gasteiger partial charge in [0.2, 0.25) is 5.91 Å². The number of rotatable bonds is 4. The molecule has 5 heteroatoms. The van der Waals surface area contributed by atoms with Gasteiger partial charge in [-0.15, -0.1) is 11.8 Å². The lowest BCUT2D eigenvalue weighted by Crippen LogP contribution is -2.38. The van der Waals surface area contributed by atoms with Crippen molar-refractivity contribution in [2.45, 2.75) is 25.0 Å². The Labute approximate surface area is 87.0 Å². The summed E-state index contributed by atoms with van der Waals surface area (Å²) in [7, 11) is 0. The smallest absolute Gasteiger partial charge is 0.323 e. The van der Waals surface area contributed by atoms with Gasteiger partial charge in [-0.25, -0.2) is 0 Å². The second-order valence-electron chi connectivity index (χ2n) is 3.06. The van der Waals surface area contributed by atoms with E-state index in [0.717, 1.165) is 12.8 Å². The minimum Gasteiger partial charge on any atom is -0.480 e. The van der Waals surface area contributed by atoms with E-state index >= 15 is 0 Å². The zero-order valence-electron chi connectivity index (χ0n) is 7.97. The van der Waals surface area contributed by atoms with Crippen molar-refractivity contribution in [2.75, 3.05) is 6.54 Å². The summed E-state index contributed by atoms with van der Waals surface area (Å²) in [5, 5.41) is 10.2. The van der Waals surface area contributed by atoms with Crippen LogP contribution in [-0.2, 0) is 9.59 Å². The van der Waals surface area contributed by atoms with E-state index in [1.165, 1.54) is 22.9 Å². The molecule has 0 radical (unpaired) electrons. The number of carboxylic acid groups (broad SMARTS) is 1. The number of amides is 1. The Bertz CT molecular complexity index is 265. The number of carbonyl (C=O) groups excluding carboxylic acids is 1. The van der Waals surface area contributed by atoms with Crippen LogP contribution in [0.5, 0.6) is 0 Å². The molecule has 0 aromatic carbocycles. The van der Waals surface area contributed by atoms with E-state index in [1.54, 1.807) is 5.41 Å². The summed E-state index contributed by atoms with van der Waals surface area (Å²) >= 11 is 1.46. The Balaban J connectivity index is 2.61. The van der Waals surface area contributed by atoms with Crippen molar-refractivity contribution in [1.82, 2.24) is 4.90 Å². The van der Waals surface area contributed by atoms with Crippen molar-refractivity contribution >= 4 is 23.6 Å². The zero-order chi connectivity index (χ0) is 10.6. The van der Waals surface area contributed by atoms with Gasteiger partial charge in [0, 0.05) is 6.20 Å². The largest absolute Gasteiger partial charge is 0.480 e. The third kappa shape index (κ3) is 2.77. The fourth-order valence-corrected chi connectivity index (χ4v) is 2.28. The van der Waals surface area contributed by atoms with Crippen molar-refractivity contribution in [3.05, 3.63) is 11.6 Å². The zero-order valence-corrected chi connectivity index (χ0v) is 8.79. The third-order valence-corrected chi connectivity index (χ3v) is 2.94. The second kappa shape index (κ2) is 5.05. The van der Waals surface area contributed by atoms with Gasteiger partial charge >= 0.3 is 5.97 Å². The first-order valence-electron chi connectivity index (χ1n) is 4.49. The molecule has 1 aliphatic rings. The number of carbonyl (C=O) groups is 2. The predicted octanol–water partition coefficient (Wildman–Crippen LogP) is 1.29. The fourth-order valence-electron chi connectivity index (χ4n) is 1.25. The van der Waals surface area contributed by atoms with Crippen LogP contribution in [-0.4, -0.2) is 33.7 Å². The van der Waals surface area contributed by atoms with Gasteiger partial charge in [-0.2, -0.15) is 0 Å². The topological polar surface area (TPSA) is 57.6 Å². The molecular formula is C9H13NO3S. The quantitative estimate of drug-likeness (QED) is 0.767. The maximum Gasteiger partial charge on any atom is 0.323 e. The second-order valence-corrected chi connectivity index (χ2v) is 4.17. The molecular weight excluding hydrogens is 202 g/mol. The first kappa shape index (κ1) is 11.1. The van der Waals surface area contributed by atoms with Gasteiger partial charge in [-0.05, 0) is 11.8 Å². The van der Waals surface area contributed by atoms with Crippen LogP contribution in [0.15, 0.2) is 11.6 Å². The van der Waals surface area contributed by atoms with Gasteiger partial charge in [0.1, 0.15) is 6.54 Å². The first-order chi connectivity index (χ1) is 6.65. The lowest BCUT2D eigenvalue weighted by Gasteiger charge is -2.25. The summed E-state index contributed by atoms with van der Waals surface area (Å²) in [4.78, 5) is 23.3. The Morgan fingerprint density at radius 1 is 1.71 bits per heavy atom. The van der Waals surface area contributed by atoms with Gasteiger partial charge in [0.25, 0.3) is 0 Å². The Hall–Kier alpha value is -0.970. The number of aliphatic carboxylic acids is 1. The molecule has 1 amide bonds. The molecule has 0 aromatic heterocycles. The molecule has 1 N–H and O–H groups in total. The predicted molar refractivity (Wildman–Crippen MR) is 54.8 cm³/mol. The van der Waals surface area contributed by atoms with Crippen molar-refractivity contribution in [2.24, 2.45) is 0 Å². The van der Waals surface area contributed by atoms with E-state index in [2.05, 4.69) is 0 Å². The van der Waals surface area contributed by atoms with E-state index in [1.807, 2.05) is 6.92 Å². The summed E-state index contributed by atoms with van der Waals surface area (Å²) in [6.45, 7) is 1.77. The van der Waals surface area contributed by atoms with Crippen molar-refractivity contribution < 1.29 is 14.7 Å². The molecule has 1 aliphatic heterocycles. The molecule has 14 heavy (non-hydrogen) atoms. The number of nitrogens with zero attached hydrogens (tertiary/aromatic N) is 1. The number of carboxylic acids is 1. The normalized spacial score (nSPS) is 21.4. The highest BCUT2D eigenvalue weighted by Crippen LogP contribution is 2.24. The summed E-state index contributed by atoms with van der Waals surface area (Å²) in [5.74, 6) is -1.08. The Kier molecular flexibility index (Phi) is 4.00. The van der Waals surface area contributed by atoms with Crippen molar-refractivity contribution in [1.29, 1.82) is 0 Å². The Morgan fingerprint density at radius 2 is 2.43 bits per heavy atom. The minimum absolute atomic E-state index is 0.0956. The Morgan fingerprint density at radius 3 is 3.00 bits per heavy atom. The van der Waals surface area contributed by atoms with Crippen LogP contribution in [0.4, 0.5) is 0 Å². The van der Waals surface area contributed by atoms with Gasteiger partial charge in [0.15, 0.2) is 0 Å². The molecule has 78 valence electrons. The van der Waals surface area contributed by atoms with Crippen LogP contribution in [0.3, 0.4) is 0 Å². The monoisotopic (exact) mass is 215 g/mol. The molecule has 0 saturated heterocycles. The number of hydrogen-bond acceptors (Lipinski definition) is 3. The van der Waals surface area contributed by atoms with Crippen molar-refractivity contribution in [3.8, 4) is 0 Å². The molecule has 0 fully saturated rings.